The molecule has 0 spiro atoms. The van der Waals surface area contributed by atoms with Crippen LogP contribution in [0.25, 0.3) is 0 Å². The molecule has 0 aromatic rings. The van der Waals surface area contributed by atoms with E-state index >= 15 is 0 Å². The first-order valence-corrected chi connectivity index (χ1v) is 2.25. The van der Waals surface area contributed by atoms with E-state index < -0.39 is 10.3 Å². The maximum atomic E-state index is 8.97. The average molecular weight is 209 g/mol. The summed E-state index contributed by atoms with van der Waals surface area (Å²) in [6.45, 7) is 0. The number of rotatable bonds is 0. The second-order valence-electron chi connectivity index (χ2n) is 0.515. The van der Waals surface area contributed by atoms with Crippen LogP contribution in [0.4, 0.5) is 0 Å². The normalized spacial score (nSPS) is 8.29. The number of hydrogen-bond acceptors (Lipinski definition) is 2. The second kappa shape index (κ2) is 5.05. The summed E-state index contributed by atoms with van der Waals surface area (Å²) in [7, 11) is -4.17. The van der Waals surface area contributed by atoms with Gasteiger partial charge in [-0.25, -0.2) is 5.14 Å². The molecule has 4 nitrogen and oxygen atoms in total. The Labute approximate surface area is 62.7 Å². The van der Waals surface area contributed by atoms with Gasteiger partial charge in [0.2, 0.25) is 0 Å². The molecule has 0 fully saturated rings. The number of hydrogen-bond donors (Lipinski definition) is 2. The Hall–Kier alpha value is 0.909. The van der Waals surface area contributed by atoms with Gasteiger partial charge in [-0.1, -0.05) is 0 Å². The molecular formula is H3Fe2NO3S. The summed E-state index contributed by atoms with van der Waals surface area (Å²) in [5.41, 5.74) is 0. The first kappa shape index (κ1) is 15.7. The van der Waals surface area contributed by atoms with Crippen molar-refractivity contribution in [2.75, 3.05) is 0 Å². The van der Waals surface area contributed by atoms with Gasteiger partial charge in [0.05, 0.1) is 0 Å². The molecule has 3 N–H and O–H groups in total. The van der Waals surface area contributed by atoms with E-state index in [1.54, 1.807) is 0 Å². The molecule has 7 heavy (non-hydrogen) atoms. The molecule has 0 saturated carbocycles. The van der Waals surface area contributed by atoms with Crippen LogP contribution in [-0.4, -0.2) is 13.0 Å². The fraction of sp³-hybridized carbons (Fsp3) is 0. The van der Waals surface area contributed by atoms with Crippen LogP contribution in [0, 0.1) is 0 Å². The van der Waals surface area contributed by atoms with E-state index in [0.29, 0.717) is 0 Å². The Morgan fingerprint density at radius 2 is 1.29 bits per heavy atom. The van der Waals surface area contributed by atoms with Crippen LogP contribution in [0.5, 0.6) is 0 Å². The molecule has 0 radical (unpaired) electrons. The van der Waals surface area contributed by atoms with E-state index in [1.807, 2.05) is 0 Å². The summed E-state index contributed by atoms with van der Waals surface area (Å²) in [5, 5.41) is 3.88. The SMILES string of the molecule is NS(=O)(=O)O.[Fe].[Fe]. The fourth-order valence-electron chi connectivity index (χ4n) is 0. The van der Waals surface area contributed by atoms with Crippen molar-refractivity contribution in [1.82, 2.24) is 0 Å². The van der Waals surface area contributed by atoms with Crippen LogP contribution in [0.1, 0.15) is 0 Å². The van der Waals surface area contributed by atoms with Crippen molar-refractivity contribution in [3.63, 3.8) is 0 Å². The topological polar surface area (TPSA) is 80.4 Å². The van der Waals surface area contributed by atoms with E-state index in [1.165, 1.54) is 0 Å². The minimum absolute atomic E-state index is 0. The van der Waals surface area contributed by atoms with Gasteiger partial charge >= 0.3 is 10.3 Å². The summed E-state index contributed by atoms with van der Waals surface area (Å²) < 4.78 is 25.2. The van der Waals surface area contributed by atoms with Gasteiger partial charge in [0.15, 0.2) is 0 Å². The van der Waals surface area contributed by atoms with E-state index in [9.17, 15) is 0 Å². The fourth-order valence-corrected chi connectivity index (χ4v) is 0. The number of nitrogens with two attached hydrogens (primary N) is 1. The van der Waals surface area contributed by atoms with E-state index in [4.69, 9.17) is 13.0 Å². The maximum absolute atomic E-state index is 8.97. The molecule has 0 bridgehead atoms. The molecule has 0 atom stereocenters. The van der Waals surface area contributed by atoms with Crippen molar-refractivity contribution < 1.29 is 47.1 Å². The molecule has 0 aliphatic rings. The minimum atomic E-state index is -4.17. The van der Waals surface area contributed by atoms with Crippen molar-refractivity contribution in [3.8, 4) is 0 Å². The molecule has 0 aliphatic carbocycles. The standard InChI is InChI=1S/2Fe.H3NO3S/c;;1-5(2,3)4/h;;(H3,1,2,3,4). The largest absolute Gasteiger partial charge is 0.330 e. The monoisotopic (exact) mass is 209 g/mol. The van der Waals surface area contributed by atoms with Gasteiger partial charge in [0, 0.05) is 34.1 Å². The summed E-state index contributed by atoms with van der Waals surface area (Å²) in [5.74, 6) is 0. The molecule has 0 aromatic carbocycles. The second-order valence-corrected chi connectivity index (χ2v) is 1.54. The van der Waals surface area contributed by atoms with Crippen LogP contribution in [-0.2, 0) is 44.4 Å². The average Bonchev–Trinajstić information content (AvgIpc) is 0.722. The summed E-state index contributed by atoms with van der Waals surface area (Å²) in [6.07, 6.45) is 0. The Kier molecular flexibility index (Phi) is 11.3. The van der Waals surface area contributed by atoms with Gasteiger partial charge in [0.1, 0.15) is 0 Å². The van der Waals surface area contributed by atoms with Crippen molar-refractivity contribution in [2.24, 2.45) is 5.14 Å². The third-order valence-electron chi connectivity index (χ3n) is 0. The zero-order valence-corrected chi connectivity index (χ0v) is 5.98. The van der Waals surface area contributed by atoms with E-state index in [-0.39, 0.29) is 34.1 Å². The van der Waals surface area contributed by atoms with Crippen LogP contribution < -0.4 is 5.14 Å². The van der Waals surface area contributed by atoms with Crippen LogP contribution >= 0.6 is 0 Å². The molecule has 0 rings (SSSR count). The van der Waals surface area contributed by atoms with Crippen LogP contribution in [0.2, 0.25) is 0 Å². The minimum Gasteiger partial charge on any atom is -0.274 e. The van der Waals surface area contributed by atoms with Gasteiger partial charge in [-0.05, 0) is 0 Å². The summed E-state index contributed by atoms with van der Waals surface area (Å²) >= 11 is 0. The van der Waals surface area contributed by atoms with Crippen molar-refractivity contribution in [3.05, 3.63) is 0 Å². The molecule has 48 valence electrons. The Morgan fingerprint density at radius 3 is 1.29 bits per heavy atom. The molecular weight excluding hydrogens is 206 g/mol. The molecule has 0 aromatic heterocycles. The third kappa shape index (κ3) is 202. The van der Waals surface area contributed by atoms with Gasteiger partial charge in [-0.2, -0.15) is 8.42 Å². The maximum Gasteiger partial charge on any atom is 0.330 e. The molecule has 7 heteroatoms. The van der Waals surface area contributed by atoms with Crippen molar-refractivity contribution in [1.29, 1.82) is 0 Å². The van der Waals surface area contributed by atoms with Crippen molar-refractivity contribution in [2.45, 2.75) is 0 Å². The predicted octanol–water partition coefficient (Wildman–Crippen LogP) is -1.26. The Balaban J connectivity index is -0.0000000800. The third-order valence-corrected chi connectivity index (χ3v) is 0. The van der Waals surface area contributed by atoms with E-state index in [2.05, 4.69) is 5.14 Å². The van der Waals surface area contributed by atoms with Gasteiger partial charge < -0.3 is 0 Å². The molecule has 0 aliphatic heterocycles. The summed E-state index contributed by atoms with van der Waals surface area (Å²) in [4.78, 5) is 0. The smallest absolute Gasteiger partial charge is 0.274 e. The van der Waals surface area contributed by atoms with Crippen LogP contribution in [0.15, 0.2) is 0 Å². The van der Waals surface area contributed by atoms with Gasteiger partial charge in [-0.15, -0.1) is 0 Å². The quantitative estimate of drug-likeness (QED) is 0.386. The Morgan fingerprint density at radius 1 is 1.29 bits per heavy atom. The zero-order chi connectivity index (χ0) is 4.50. The molecule has 0 amide bonds. The predicted molar refractivity (Wildman–Crippen MR) is 15.7 cm³/mol. The zero-order valence-electron chi connectivity index (χ0n) is 2.96. The first-order valence-electron chi connectivity index (χ1n) is 0.752. The molecule has 0 heterocycles. The molecule has 0 saturated heterocycles. The van der Waals surface area contributed by atoms with Gasteiger partial charge in [0.25, 0.3) is 0 Å². The van der Waals surface area contributed by atoms with Crippen molar-refractivity contribution >= 4 is 10.3 Å². The Bertz CT molecular complexity index is 96.1. The first-order chi connectivity index (χ1) is 2.00. The molecule has 0 unspecified atom stereocenters. The summed E-state index contributed by atoms with van der Waals surface area (Å²) in [6, 6.07) is 0. The van der Waals surface area contributed by atoms with Gasteiger partial charge in [-0.3, -0.25) is 4.55 Å². The van der Waals surface area contributed by atoms with E-state index in [0.717, 1.165) is 0 Å². The van der Waals surface area contributed by atoms with Crippen LogP contribution in [0.3, 0.4) is 0 Å².